The molecule has 20 heavy (non-hydrogen) atoms. The number of hydrogen-bond acceptors (Lipinski definition) is 3. The van der Waals surface area contributed by atoms with E-state index >= 15 is 0 Å². The third-order valence-corrected chi connectivity index (χ3v) is 2.63. The van der Waals surface area contributed by atoms with E-state index in [2.05, 4.69) is 0 Å². The zero-order valence-electron chi connectivity index (χ0n) is 11.1. The van der Waals surface area contributed by atoms with Crippen molar-refractivity contribution in [1.29, 1.82) is 0 Å². The van der Waals surface area contributed by atoms with Crippen LogP contribution in [0.5, 0.6) is 5.75 Å². The van der Waals surface area contributed by atoms with Crippen LogP contribution in [0.2, 0.25) is 0 Å². The summed E-state index contributed by atoms with van der Waals surface area (Å²) in [4.78, 5) is 23.2. The normalized spacial score (nSPS) is 10.4. The number of benzene rings is 2. The third-order valence-electron chi connectivity index (χ3n) is 2.63. The van der Waals surface area contributed by atoms with Gasteiger partial charge < -0.3 is 4.74 Å². The largest absolute Gasteiger partial charge is 0.426 e. The molecule has 0 N–H and O–H groups in total. The van der Waals surface area contributed by atoms with Crippen LogP contribution in [0.3, 0.4) is 0 Å². The number of carbonyl (C=O) groups is 2. The van der Waals surface area contributed by atoms with E-state index < -0.39 is 5.97 Å². The molecule has 0 bridgehead atoms. The Morgan fingerprint density at radius 2 is 1.60 bits per heavy atom. The Morgan fingerprint density at radius 1 is 0.950 bits per heavy atom. The zero-order valence-corrected chi connectivity index (χ0v) is 11.1. The number of esters is 1. The Balaban J connectivity index is 2.21. The lowest BCUT2D eigenvalue weighted by Gasteiger charge is -2.05. The second-order valence-corrected chi connectivity index (χ2v) is 4.20. The van der Waals surface area contributed by atoms with Gasteiger partial charge in [0.05, 0.1) is 5.56 Å². The van der Waals surface area contributed by atoms with E-state index in [0.717, 1.165) is 5.56 Å². The summed E-state index contributed by atoms with van der Waals surface area (Å²) in [6, 6.07) is 16.2. The van der Waals surface area contributed by atoms with Crippen molar-refractivity contribution in [1.82, 2.24) is 0 Å². The Kier molecular flexibility index (Phi) is 4.45. The summed E-state index contributed by atoms with van der Waals surface area (Å²) < 4.78 is 5.02. The van der Waals surface area contributed by atoms with Crippen LogP contribution >= 0.6 is 0 Å². The van der Waals surface area contributed by atoms with Gasteiger partial charge in [0.1, 0.15) is 5.75 Å². The van der Waals surface area contributed by atoms with Gasteiger partial charge in [-0.1, -0.05) is 48.5 Å². The average Bonchev–Trinajstić information content (AvgIpc) is 2.46. The van der Waals surface area contributed by atoms with Gasteiger partial charge >= 0.3 is 5.97 Å². The molecule has 100 valence electrons. The molecule has 0 fully saturated rings. The Labute approximate surface area is 117 Å². The fraction of sp³-hybridized carbons (Fsp3) is 0.0588. The second-order valence-electron chi connectivity index (χ2n) is 4.20. The minimum absolute atomic E-state index is 0.203. The molecule has 0 unspecified atom stereocenters. The molecule has 0 aliphatic heterocycles. The molecule has 0 spiro atoms. The molecule has 2 aromatic carbocycles. The van der Waals surface area contributed by atoms with E-state index in [1.54, 1.807) is 30.3 Å². The second kappa shape index (κ2) is 6.48. The average molecular weight is 266 g/mol. The quantitative estimate of drug-likeness (QED) is 0.368. The smallest absolute Gasteiger partial charge is 0.308 e. The fourth-order valence-corrected chi connectivity index (χ4v) is 1.74. The topological polar surface area (TPSA) is 43.4 Å². The predicted molar refractivity (Wildman–Crippen MR) is 77.6 cm³/mol. The minimum atomic E-state index is -0.447. The van der Waals surface area contributed by atoms with Crippen molar-refractivity contribution >= 4 is 17.8 Å². The molecule has 0 saturated heterocycles. The summed E-state index contributed by atoms with van der Waals surface area (Å²) >= 11 is 0. The Hall–Kier alpha value is -2.68. The van der Waals surface area contributed by atoms with Gasteiger partial charge in [0.25, 0.3) is 0 Å². The highest BCUT2D eigenvalue weighted by Crippen LogP contribution is 2.19. The van der Waals surface area contributed by atoms with E-state index in [1.165, 1.54) is 13.0 Å². The van der Waals surface area contributed by atoms with Gasteiger partial charge in [0, 0.05) is 6.92 Å². The lowest BCUT2D eigenvalue weighted by atomic mass is 10.1. The van der Waals surface area contributed by atoms with Crippen molar-refractivity contribution in [2.45, 2.75) is 6.92 Å². The lowest BCUT2D eigenvalue weighted by molar-refractivity contribution is -0.131. The van der Waals surface area contributed by atoms with Crippen molar-refractivity contribution in [3.05, 3.63) is 71.8 Å². The number of hydrogen-bond donors (Lipinski definition) is 0. The highest BCUT2D eigenvalue weighted by Gasteiger charge is 2.10. The number of carbonyl (C=O) groups excluding carboxylic acids is 2. The molecule has 2 aromatic rings. The summed E-state index contributed by atoms with van der Waals surface area (Å²) in [5.74, 6) is -0.370. The first kappa shape index (κ1) is 13.7. The van der Waals surface area contributed by atoms with Crippen molar-refractivity contribution in [3.63, 3.8) is 0 Å². The molecule has 0 radical (unpaired) electrons. The SMILES string of the molecule is CC(=O)Oc1ccccc1C(=O)/C=C/c1ccccc1. The van der Waals surface area contributed by atoms with E-state index in [1.807, 2.05) is 30.3 Å². The highest BCUT2D eigenvalue weighted by molar-refractivity contribution is 6.08. The van der Waals surface area contributed by atoms with Gasteiger partial charge in [0.2, 0.25) is 0 Å². The number of ketones is 1. The molecule has 3 nitrogen and oxygen atoms in total. The molecule has 2 rings (SSSR count). The molecule has 0 atom stereocenters. The van der Waals surface area contributed by atoms with Crippen LogP contribution in [0.1, 0.15) is 22.8 Å². The zero-order chi connectivity index (χ0) is 14.4. The molecule has 0 aliphatic rings. The molecule has 3 heteroatoms. The van der Waals surface area contributed by atoms with E-state index in [-0.39, 0.29) is 11.5 Å². The van der Waals surface area contributed by atoms with Crippen LogP contribution in [0, 0.1) is 0 Å². The summed E-state index contributed by atoms with van der Waals surface area (Å²) in [7, 11) is 0. The van der Waals surface area contributed by atoms with Crippen LogP contribution in [0.4, 0.5) is 0 Å². The standard InChI is InChI=1S/C17H14O3/c1-13(18)20-17-10-6-5-9-15(17)16(19)12-11-14-7-3-2-4-8-14/h2-12H,1H3/b12-11+. The lowest BCUT2D eigenvalue weighted by Crippen LogP contribution is -2.06. The fourth-order valence-electron chi connectivity index (χ4n) is 1.74. The van der Waals surface area contributed by atoms with Crippen molar-refractivity contribution in [3.8, 4) is 5.75 Å². The van der Waals surface area contributed by atoms with Gasteiger partial charge in [-0.2, -0.15) is 0 Å². The molecule has 0 aromatic heterocycles. The van der Waals surface area contributed by atoms with Crippen LogP contribution < -0.4 is 4.74 Å². The molecular formula is C17H14O3. The number of ether oxygens (including phenoxy) is 1. The van der Waals surface area contributed by atoms with Crippen LogP contribution in [0.15, 0.2) is 60.7 Å². The van der Waals surface area contributed by atoms with Gasteiger partial charge in [0.15, 0.2) is 5.78 Å². The summed E-state index contributed by atoms with van der Waals surface area (Å²) in [6.45, 7) is 1.31. The number of para-hydroxylation sites is 1. The van der Waals surface area contributed by atoms with Crippen molar-refractivity contribution in [2.24, 2.45) is 0 Å². The summed E-state index contributed by atoms with van der Waals surface area (Å²) in [5.41, 5.74) is 1.31. The van der Waals surface area contributed by atoms with Gasteiger partial charge in [-0.15, -0.1) is 0 Å². The van der Waals surface area contributed by atoms with E-state index in [0.29, 0.717) is 5.56 Å². The monoisotopic (exact) mass is 266 g/mol. The van der Waals surface area contributed by atoms with E-state index in [4.69, 9.17) is 4.74 Å². The van der Waals surface area contributed by atoms with Crippen LogP contribution in [-0.2, 0) is 4.79 Å². The highest BCUT2D eigenvalue weighted by atomic mass is 16.5. The maximum Gasteiger partial charge on any atom is 0.308 e. The maximum absolute atomic E-state index is 12.1. The Morgan fingerprint density at radius 3 is 2.30 bits per heavy atom. The van der Waals surface area contributed by atoms with Gasteiger partial charge in [-0.3, -0.25) is 9.59 Å². The maximum atomic E-state index is 12.1. The molecule has 0 amide bonds. The van der Waals surface area contributed by atoms with Crippen molar-refractivity contribution < 1.29 is 14.3 Å². The summed E-state index contributed by atoms with van der Waals surface area (Å²) in [6.07, 6.45) is 3.20. The van der Waals surface area contributed by atoms with Gasteiger partial charge in [-0.05, 0) is 23.8 Å². The van der Waals surface area contributed by atoms with Gasteiger partial charge in [-0.25, -0.2) is 0 Å². The minimum Gasteiger partial charge on any atom is -0.426 e. The van der Waals surface area contributed by atoms with Crippen LogP contribution in [-0.4, -0.2) is 11.8 Å². The predicted octanol–water partition coefficient (Wildman–Crippen LogP) is 3.51. The summed E-state index contributed by atoms with van der Waals surface area (Å²) in [5, 5.41) is 0. The number of allylic oxidation sites excluding steroid dienone is 1. The first-order valence-electron chi connectivity index (χ1n) is 6.22. The Bertz CT molecular complexity index is 642. The number of rotatable bonds is 4. The molecule has 0 aliphatic carbocycles. The van der Waals surface area contributed by atoms with Crippen molar-refractivity contribution in [2.75, 3.05) is 0 Å². The first-order valence-corrected chi connectivity index (χ1v) is 6.22. The first-order chi connectivity index (χ1) is 9.66. The van der Waals surface area contributed by atoms with E-state index in [9.17, 15) is 9.59 Å². The molecule has 0 heterocycles. The molecular weight excluding hydrogens is 252 g/mol. The van der Waals surface area contributed by atoms with Crippen LogP contribution in [0.25, 0.3) is 6.08 Å². The molecule has 0 saturated carbocycles. The third kappa shape index (κ3) is 3.65.